The predicted molar refractivity (Wildman–Crippen MR) is 55.2 cm³/mol. The van der Waals surface area contributed by atoms with Crippen molar-refractivity contribution >= 4 is 17.3 Å². The Hall–Kier alpha value is -1.30. The second-order valence-electron chi connectivity index (χ2n) is 2.89. The highest BCUT2D eigenvalue weighted by Gasteiger charge is 2.40. The molecule has 1 atom stereocenters. The van der Waals surface area contributed by atoms with Crippen LogP contribution in [-0.2, 0) is 0 Å². The lowest BCUT2D eigenvalue weighted by Gasteiger charge is -2.21. The molecule has 0 aliphatic rings. The van der Waals surface area contributed by atoms with Gasteiger partial charge in [0.05, 0.1) is 0 Å². The predicted octanol–water partition coefficient (Wildman–Crippen LogP) is 2.12. The SMILES string of the molecule is NC(=S)NC(c1ccccc1)C(F)(F)F. The van der Waals surface area contributed by atoms with Crippen LogP contribution in [0.4, 0.5) is 13.2 Å². The fraction of sp³-hybridized carbons (Fsp3) is 0.222. The number of hydrogen-bond acceptors (Lipinski definition) is 1. The molecule has 0 heterocycles. The summed E-state index contributed by atoms with van der Waals surface area (Å²) < 4.78 is 37.8. The normalized spacial score (nSPS) is 13.3. The highest BCUT2D eigenvalue weighted by molar-refractivity contribution is 7.80. The Labute approximate surface area is 90.3 Å². The van der Waals surface area contributed by atoms with Gasteiger partial charge in [0.25, 0.3) is 0 Å². The maximum absolute atomic E-state index is 12.6. The Bertz CT molecular complexity index is 337. The van der Waals surface area contributed by atoms with Crippen molar-refractivity contribution in [1.82, 2.24) is 5.32 Å². The smallest absolute Gasteiger partial charge is 0.376 e. The molecule has 1 unspecified atom stereocenters. The molecular weight excluding hydrogens is 225 g/mol. The summed E-state index contributed by atoms with van der Waals surface area (Å²) in [6, 6.07) is 5.56. The van der Waals surface area contributed by atoms with Gasteiger partial charge < -0.3 is 11.1 Å². The van der Waals surface area contributed by atoms with E-state index in [9.17, 15) is 13.2 Å². The van der Waals surface area contributed by atoms with Gasteiger partial charge in [0.1, 0.15) is 6.04 Å². The van der Waals surface area contributed by atoms with E-state index in [0.29, 0.717) is 0 Å². The van der Waals surface area contributed by atoms with Crippen LogP contribution < -0.4 is 11.1 Å². The molecule has 1 aromatic carbocycles. The van der Waals surface area contributed by atoms with Crippen LogP contribution in [0.1, 0.15) is 11.6 Å². The minimum Gasteiger partial charge on any atom is -0.376 e. The molecule has 3 N–H and O–H groups in total. The number of alkyl halides is 3. The van der Waals surface area contributed by atoms with Gasteiger partial charge in [0.2, 0.25) is 0 Å². The van der Waals surface area contributed by atoms with Gasteiger partial charge in [-0.25, -0.2) is 0 Å². The molecule has 0 bridgehead atoms. The molecule has 0 aromatic heterocycles. The zero-order valence-electron chi connectivity index (χ0n) is 7.58. The summed E-state index contributed by atoms with van der Waals surface area (Å²) in [6.45, 7) is 0. The number of thiocarbonyl (C=S) groups is 1. The summed E-state index contributed by atoms with van der Waals surface area (Å²) >= 11 is 4.41. The molecule has 15 heavy (non-hydrogen) atoms. The maximum atomic E-state index is 12.6. The molecule has 0 spiro atoms. The quantitative estimate of drug-likeness (QED) is 0.770. The van der Waals surface area contributed by atoms with E-state index in [1.165, 1.54) is 24.3 Å². The van der Waals surface area contributed by atoms with Crippen molar-refractivity contribution < 1.29 is 13.2 Å². The number of benzene rings is 1. The van der Waals surface area contributed by atoms with Crippen molar-refractivity contribution in [3.8, 4) is 0 Å². The van der Waals surface area contributed by atoms with Crippen LogP contribution in [-0.4, -0.2) is 11.3 Å². The Morgan fingerprint density at radius 2 is 1.80 bits per heavy atom. The van der Waals surface area contributed by atoms with Crippen molar-refractivity contribution in [2.45, 2.75) is 12.2 Å². The standard InChI is InChI=1S/C9H9F3N2S/c10-9(11,12)7(14-8(13)15)6-4-2-1-3-5-6/h1-5,7H,(H3,13,14,15). The van der Waals surface area contributed by atoms with E-state index in [0.717, 1.165) is 0 Å². The molecule has 1 aromatic rings. The Morgan fingerprint density at radius 3 is 2.20 bits per heavy atom. The molecule has 0 saturated carbocycles. The van der Waals surface area contributed by atoms with Gasteiger partial charge >= 0.3 is 6.18 Å². The third kappa shape index (κ3) is 3.39. The van der Waals surface area contributed by atoms with Gasteiger partial charge in [0, 0.05) is 0 Å². The van der Waals surface area contributed by atoms with E-state index in [2.05, 4.69) is 12.2 Å². The maximum Gasteiger partial charge on any atom is 0.412 e. The van der Waals surface area contributed by atoms with Crippen LogP contribution in [0.5, 0.6) is 0 Å². The highest BCUT2D eigenvalue weighted by atomic mass is 32.1. The van der Waals surface area contributed by atoms with Crippen molar-refractivity contribution in [2.75, 3.05) is 0 Å². The Balaban J connectivity index is 2.97. The van der Waals surface area contributed by atoms with Crippen LogP contribution in [0.15, 0.2) is 30.3 Å². The fourth-order valence-corrected chi connectivity index (χ4v) is 1.26. The summed E-state index contributed by atoms with van der Waals surface area (Å²) in [5.74, 6) is 0. The molecule has 1 rings (SSSR count). The molecule has 0 amide bonds. The van der Waals surface area contributed by atoms with Gasteiger partial charge in [0.15, 0.2) is 5.11 Å². The molecule has 6 heteroatoms. The third-order valence-corrected chi connectivity index (χ3v) is 1.86. The lowest BCUT2D eigenvalue weighted by molar-refractivity contribution is -0.153. The molecule has 0 radical (unpaired) electrons. The first-order chi connectivity index (χ1) is 6.91. The minimum atomic E-state index is -4.43. The number of nitrogens with one attached hydrogen (secondary N) is 1. The van der Waals surface area contributed by atoms with Crippen LogP contribution >= 0.6 is 12.2 Å². The molecule has 0 aliphatic carbocycles. The van der Waals surface area contributed by atoms with Crippen molar-refractivity contribution in [3.05, 3.63) is 35.9 Å². The first-order valence-electron chi connectivity index (χ1n) is 4.09. The summed E-state index contributed by atoms with van der Waals surface area (Å²) in [5, 5.41) is 1.65. The number of rotatable bonds is 2. The Morgan fingerprint density at radius 1 is 1.27 bits per heavy atom. The molecule has 0 fully saturated rings. The first kappa shape index (κ1) is 11.8. The van der Waals surface area contributed by atoms with Crippen LogP contribution in [0.2, 0.25) is 0 Å². The van der Waals surface area contributed by atoms with E-state index >= 15 is 0 Å². The summed E-state index contributed by atoms with van der Waals surface area (Å²) in [6.07, 6.45) is -4.43. The first-order valence-corrected chi connectivity index (χ1v) is 4.49. The Kier molecular flexibility index (Phi) is 3.52. The zero-order chi connectivity index (χ0) is 11.5. The average Bonchev–Trinajstić information content (AvgIpc) is 2.14. The van der Waals surface area contributed by atoms with Gasteiger partial charge in [-0.2, -0.15) is 13.2 Å². The molecular formula is C9H9F3N2S. The zero-order valence-corrected chi connectivity index (χ0v) is 8.40. The molecule has 0 saturated heterocycles. The van der Waals surface area contributed by atoms with Gasteiger partial charge in [-0.05, 0) is 17.8 Å². The van der Waals surface area contributed by atoms with E-state index in [1.54, 1.807) is 6.07 Å². The van der Waals surface area contributed by atoms with Gasteiger partial charge in [-0.3, -0.25) is 0 Å². The van der Waals surface area contributed by atoms with Crippen molar-refractivity contribution in [1.29, 1.82) is 0 Å². The lowest BCUT2D eigenvalue weighted by atomic mass is 10.1. The van der Waals surface area contributed by atoms with Crippen molar-refractivity contribution in [2.24, 2.45) is 5.73 Å². The fourth-order valence-electron chi connectivity index (χ4n) is 1.14. The number of halogens is 3. The van der Waals surface area contributed by atoms with E-state index in [4.69, 9.17) is 5.73 Å². The molecule has 2 nitrogen and oxygen atoms in total. The minimum absolute atomic E-state index is 0.0813. The van der Waals surface area contributed by atoms with Crippen molar-refractivity contribution in [3.63, 3.8) is 0 Å². The topological polar surface area (TPSA) is 38.0 Å². The summed E-state index contributed by atoms with van der Waals surface area (Å²) in [4.78, 5) is 0. The monoisotopic (exact) mass is 234 g/mol. The summed E-state index contributed by atoms with van der Waals surface area (Å²) in [7, 11) is 0. The third-order valence-electron chi connectivity index (χ3n) is 1.75. The summed E-state index contributed by atoms with van der Waals surface area (Å²) in [5.41, 5.74) is 5.13. The van der Waals surface area contributed by atoms with Crippen LogP contribution in [0.3, 0.4) is 0 Å². The van der Waals surface area contributed by atoms with Gasteiger partial charge in [-0.15, -0.1) is 0 Å². The average molecular weight is 234 g/mol. The van der Waals surface area contributed by atoms with Crippen LogP contribution in [0, 0.1) is 0 Å². The lowest BCUT2D eigenvalue weighted by Crippen LogP contribution is -2.40. The second-order valence-corrected chi connectivity index (χ2v) is 3.33. The second kappa shape index (κ2) is 4.48. The number of nitrogens with two attached hydrogens (primary N) is 1. The van der Waals surface area contributed by atoms with E-state index < -0.39 is 12.2 Å². The molecule has 82 valence electrons. The van der Waals surface area contributed by atoms with Crippen LogP contribution in [0.25, 0.3) is 0 Å². The molecule has 0 aliphatic heterocycles. The highest BCUT2D eigenvalue weighted by Crippen LogP contribution is 2.32. The van der Waals surface area contributed by atoms with Gasteiger partial charge in [-0.1, -0.05) is 30.3 Å². The largest absolute Gasteiger partial charge is 0.412 e. The number of hydrogen-bond donors (Lipinski definition) is 2. The van der Waals surface area contributed by atoms with E-state index in [1.807, 2.05) is 5.32 Å². The van der Waals surface area contributed by atoms with E-state index in [-0.39, 0.29) is 10.7 Å².